The molecule has 1 aromatic carbocycles. The average molecular weight is 651 g/mol. The number of allylic oxidation sites excluding steroid dienone is 1. The number of anilines is 1. The molecule has 0 spiro atoms. The Labute approximate surface area is 260 Å². The van der Waals surface area contributed by atoms with Crippen LogP contribution in [0, 0.1) is 0 Å². The SMILES string of the molecule is CC(O)(CC(=O)O)CC(=O)OC[C@H]1O[C@@H](Oc2cc3c(cc2O)N(/C=C/C2=CC(C(=O)O)=N[C@H](C(=O)O)C2)CC3)[C@H](O)[C@@H](O)[C@@H]1O. The maximum absolute atomic E-state index is 12.2. The number of carboxylic acids is 3. The van der Waals surface area contributed by atoms with Gasteiger partial charge < -0.3 is 60.0 Å². The first kappa shape index (κ1) is 34.3. The van der Waals surface area contributed by atoms with E-state index in [1.165, 1.54) is 18.2 Å². The molecule has 3 aliphatic heterocycles. The van der Waals surface area contributed by atoms with Crippen molar-refractivity contribution in [3.05, 3.63) is 41.6 Å². The molecule has 4 rings (SSSR count). The Bertz CT molecular complexity index is 1470. The summed E-state index contributed by atoms with van der Waals surface area (Å²) in [7, 11) is 0. The topological polar surface area (TPSA) is 273 Å². The summed E-state index contributed by atoms with van der Waals surface area (Å²) in [6.45, 7) is 0.923. The Morgan fingerprint density at radius 1 is 1.09 bits per heavy atom. The summed E-state index contributed by atoms with van der Waals surface area (Å²) in [6.07, 6.45) is -4.87. The van der Waals surface area contributed by atoms with Crippen LogP contribution in [0.1, 0.15) is 31.7 Å². The highest BCUT2D eigenvalue weighted by molar-refractivity contribution is 6.41. The predicted molar refractivity (Wildman–Crippen MR) is 153 cm³/mol. The Balaban J connectivity index is 1.43. The van der Waals surface area contributed by atoms with Gasteiger partial charge in [-0.15, -0.1) is 0 Å². The van der Waals surface area contributed by atoms with Gasteiger partial charge in [-0.25, -0.2) is 9.59 Å². The van der Waals surface area contributed by atoms with E-state index in [2.05, 4.69) is 4.99 Å². The zero-order valence-electron chi connectivity index (χ0n) is 24.4. The van der Waals surface area contributed by atoms with E-state index in [4.69, 9.17) is 19.3 Å². The number of aliphatic hydroxyl groups excluding tert-OH is 3. The van der Waals surface area contributed by atoms with Crippen molar-refractivity contribution in [2.24, 2.45) is 4.99 Å². The number of aliphatic carboxylic acids is 3. The normalized spacial score (nSPS) is 27.3. The molecule has 8 N–H and O–H groups in total. The van der Waals surface area contributed by atoms with Gasteiger partial charge in [0.05, 0.1) is 18.4 Å². The molecular formula is C29H34N2O15. The van der Waals surface area contributed by atoms with Crippen molar-refractivity contribution in [2.45, 2.75) is 75.0 Å². The number of hydrogen-bond donors (Lipinski definition) is 8. The van der Waals surface area contributed by atoms with E-state index in [1.54, 1.807) is 17.2 Å². The molecular weight excluding hydrogens is 616 g/mol. The quantitative estimate of drug-likeness (QED) is 0.125. The first-order valence-electron chi connectivity index (χ1n) is 14.1. The second kappa shape index (κ2) is 13.8. The molecule has 3 aliphatic rings. The van der Waals surface area contributed by atoms with Gasteiger partial charge in [-0.1, -0.05) is 0 Å². The second-order valence-electron chi connectivity index (χ2n) is 11.4. The van der Waals surface area contributed by atoms with E-state index in [0.717, 1.165) is 6.92 Å². The van der Waals surface area contributed by atoms with Gasteiger partial charge in [-0.2, -0.15) is 0 Å². The van der Waals surface area contributed by atoms with Gasteiger partial charge in [0, 0.05) is 30.9 Å². The molecule has 0 radical (unpaired) electrons. The van der Waals surface area contributed by atoms with Crippen LogP contribution < -0.4 is 9.64 Å². The number of aliphatic hydroxyl groups is 4. The number of carboxylic acid groups (broad SMARTS) is 3. The van der Waals surface area contributed by atoms with E-state index in [0.29, 0.717) is 29.8 Å². The van der Waals surface area contributed by atoms with E-state index < -0.39 is 85.7 Å². The fourth-order valence-corrected chi connectivity index (χ4v) is 5.15. The number of nitrogens with zero attached hydrogens (tertiary/aromatic N) is 2. The number of aliphatic imine (C=N–C) groups is 1. The molecule has 17 nitrogen and oxygen atoms in total. The van der Waals surface area contributed by atoms with Gasteiger partial charge in [0.15, 0.2) is 17.5 Å². The second-order valence-corrected chi connectivity index (χ2v) is 11.4. The Hall–Kier alpha value is -4.55. The molecule has 0 aliphatic carbocycles. The number of hydrogen-bond acceptors (Lipinski definition) is 14. The summed E-state index contributed by atoms with van der Waals surface area (Å²) < 4.78 is 16.2. The summed E-state index contributed by atoms with van der Waals surface area (Å²) >= 11 is 0. The van der Waals surface area contributed by atoms with E-state index >= 15 is 0 Å². The first-order valence-corrected chi connectivity index (χ1v) is 14.1. The van der Waals surface area contributed by atoms with Gasteiger partial charge in [0.25, 0.3) is 0 Å². The van der Waals surface area contributed by atoms with Crippen LogP contribution in [0.25, 0.3) is 0 Å². The van der Waals surface area contributed by atoms with E-state index in [-0.39, 0.29) is 23.6 Å². The number of fused-ring (bicyclic) bond motifs is 1. The number of phenols is 1. The molecule has 0 amide bonds. The van der Waals surface area contributed by atoms with Gasteiger partial charge in [-0.05, 0) is 42.7 Å². The van der Waals surface area contributed by atoms with Crippen LogP contribution in [-0.2, 0) is 35.1 Å². The van der Waals surface area contributed by atoms with Crippen molar-refractivity contribution < 1.29 is 74.2 Å². The zero-order chi connectivity index (χ0) is 33.9. The number of carbonyl (C=O) groups is 4. The van der Waals surface area contributed by atoms with Crippen LogP contribution in [0.5, 0.6) is 11.5 Å². The lowest BCUT2D eigenvalue weighted by molar-refractivity contribution is -0.278. The standard InChI is InChI=1S/C29H34N2O15/c1-29(43,10-21(33)34)11-22(35)44-12-20-23(36)24(37)25(38)28(46-20)45-19-8-14-3-5-31(17(14)9-18(19)32)4-2-13-6-15(26(39)40)30-16(7-13)27(41)42/h2,4,6,8-9,16,20,23-25,28,32,36-38,43H,3,5,7,10-12H2,1H3,(H,33,34)(H,39,40)(H,41,42)/b4-2+/t16-,20+,23+,24-,25+,28+,29?/m0/s1. The summed E-state index contributed by atoms with van der Waals surface area (Å²) in [5.41, 5.74) is -0.608. The van der Waals surface area contributed by atoms with Crippen LogP contribution in [0.3, 0.4) is 0 Å². The molecule has 7 atom stereocenters. The average Bonchev–Trinajstić information content (AvgIpc) is 3.35. The maximum Gasteiger partial charge on any atom is 0.354 e. The Kier molecular flexibility index (Phi) is 10.3. The van der Waals surface area contributed by atoms with Gasteiger partial charge in [-0.3, -0.25) is 14.6 Å². The number of esters is 1. The first-order chi connectivity index (χ1) is 21.5. The van der Waals surface area contributed by atoms with Crippen molar-refractivity contribution in [3.63, 3.8) is 0 Å². The fourth-order valence-electron chi connectivity index (χ4n) is 5.15. The summed E-state index contributed by atoms with van der Waals surface area (Å²) in [5, 5.41) is 79.4. The third kappa shape index (κ3) is 8.18. The molecule has 250 valence electrons. The number of carbonyl (C=O) groups excluding carboxylic acids is 1. The van der Waals surface area contributed by atoms with Crippen molar-refractivity contribution in [3.8, 4) is 11.5 Å². The monoisotopic (exact) mass is 650 g/mol. The van der Waals surface area contributed by atoms with Crippen LogP contribution in [0.15, 0.2) is 41.1 Å². The summed E-state index contributed by atoms with van der Waals surface area (Å²) in [4.78, 5) is 51.3. The molecule has 0 saturated carbocycles. The highest BCUT2D eigenvalue weighted by Gasteiger charge is 2.46. The highest BCUT2D eigenvalue weighted by atomic mass is 16.7. The molecule has 1 aromatic rings. The van der Waals surface area contributed by atoms with E-state index in [9.17, 15) is 54.9 Å². The Morgan fingerprint density at radius 2 is 1.80 bits per heavy atom. The largest absolute Gasteiger partial charge is 0.504 e. The molecule has 1 fully saturated rings. The van der Waals surface area contributed by atoms with Crippen LogP contribution in [0.2, 0.25) is 0 Å². The summed E-state index contributed by atoms with van der Waals surface area (Å²) in [6, 6.07) is 1.60. The molecule has 0 aromatic heterocycles. The molecule has 0 bridgehead atoms. The van der Waals surface area contributed by atoms with Crippen molar-refractivity contribution in [1.82, 2.24) is 0 Å². The molecule has 46 heavy (non-hydrogen) atoms. The zero-order valence-corrected chi connectivity index (χ0v) is 24.4. The molecule has 17 heteroatoms. The molecule has 1 unspecified atom stereocenters. The van der Waals surface area contributed by atoms with Crippen molar-refractivity contribution in [1.29, 1.82) is 0 Å². The van der Waals surface area contributed by atoms with Crippen LogP contribution in [0.4, 0.5) is 5.69 Å². The predicted octanol–water partition coefficient (Wildman–Crippen LogP) is -1.08. The highest BCUT2D eigenvalue weighted by Crippen LogP contribution is 2.40. The number of ether oxygens (including phenoxy) is 3. The van der Waals surface area contributed by atoms with Crippen LogP contribution >= 0.6 is 0 Å². The van der Waals surface area contributed by atoms with Crippen LogP contribution in [-0.4, -0.2) is 126 Å². The number of aromatic hydroxyl groups is 1. The van der Waals surface area contributed by atoms with E-state index in [1.807, 2.05) is 0 Å². The van der Waals surface area contributed by atoms with Crippen molar-refractivity contribution >= 4 is 35.3 Å². The van der Waals surface area contributed by atoms with Gasteiger partial charge in [0.1, 0.15) is 36.7 Å². The lowest BCUT2D eigenvalue weighted by Gasteiger charge is -2.40. The third-order valence-electron chi connectivity index (χ3n) is 7.49. The minimum atomic E-state index is -1.90. The lowest BCUT2D eigenvalue weighted by Crippen LogP contribution is -2.60. The maximum atomic E-state index is 12.2. The summed E-state index contributed by atoms with van der Waals surface area (Å²) in [5.74, 6) is -5.48. The molecule has 1 saturated heterocycles. The molecule has 3 heterocycles. The Morgan fingerprint density at radius 3 is 2.46 bits per heavy atom. The lowest BCUT2D eigenvalue weighted by atomic mass is 9.98. The van der Waals surface area contributed by atoms with Crippen molar-refractivity contribution in [2.75, 3.05) is 18.1 Å². The minimum absolute atomic E-state index is 0.0165. The van der Waals surface area contributed by atoms with Gasteiger partial charge >= 0.3 is 23.9 Å². The van der Waals surface area contributed by atoms with Gasteiger partial charge in [0.2, 0.25) is 6.29 Å². The number of dihydropyridines is 1. The number of rotatable bonds is 12. The number of benzene rings is 1. The smallest absolute Gasteiger partial charge is 0.354 e. The third-order valence-corrected chi connectivity index (χ3v) is 7.49. The minimum Gasteiger partial charge on any atom is -0.504 e. The number of phenolic OH excluding ortho intramolecular Hbond substituents is 1. The fraction of sp³-hybridized carbons (Fsp3) is 0.483.